The molecule has 0 aromatic carbocycles. The molecular weight excluding hydrogens is 144 g/mol. The Balaban J connectivity index is 4.24. The molecule has 0 heterocycles. The molecule has 1 atom stereocenters. The predicted molar refractivity (Wildman–Crippen MR) is 57.2 cm³/mol. The van der Waals surface area contributed by atoms with Gasteiger partial charge in [0.2, 0.25) is 0 Å². The highest BCUT2D eigenvalue weighted by Gasteiger charge is 2.22. The van der Waals surface area contributed by atoms with Crippen LogP contribution in [0.25, 0.3) is 0 Å². The number of hydrogen-bond donors (Lipinski definition) is 0. The summed E-state index contributed by atoms with van der Waals surface area (Å²) >= 11 is 0. The van der Waals surface area contributed by atoms with Gasteiger partial charge < -0.3 is 0 Å². The van der Waals surface area contributed by atoms with Crippen LogP contribution < -0.4 is 0 Å². The molecule has 0 aromatic rings. The predicted octanol–water partition coefficient (Wildman–Crippen LogP) is 4.27. The molecule has 0 aliphatic rings. The topological polar surface area (TPSA) is 0 Å². The van der Waals surface area contributed by atoms with E-state index >= 15 is 0 Å². The molecular formula is C12H24. The van der Waals surface area contributed by atoms with Crippen molar-refractivity contribution in [3.8, 4) is 0 Å². The Hall–Kier alpha value is -0.260. The first kappa shape index (κ1) is 11.7. The zero-order valence-electron chi connectivity index (χ0n) is 9.52. The van der Waals surface area contributed by atoms with Crippen molar-refractivity contribution >= 4 is 0 Å². The Labute approximate surface area is 78.1 Å². The van der Waals surface area contributed by atoms with Gasteiger partial charge in [-0.15, -0.1) is 0 Å². The molecule has 1 unspecified atom stereocenters. The van der Waals surface area contributed by atoms with Gasteiger partial charge in [-0.2, -0.15) is 0 Å². The summed E-state index contributed by atoms with van der Waals surface area (Å²) in [5.41, 5.74) is 0.413. The van der Waals surface area contributed by atoms with Gasteiger partial charge in [0, 0.05) is 0 Å². The summed E-state index contributed by atoms with van der Waals surface area (Å²) < 4.78 is 0. The van der Waals surface area contributed by atoms with Crippen molar-refractivity contribution in [2.75, 3.05) is 0 Å². The van der Waals surface area contributed by atoms with Crippen LogP contribution in [0.2, 0.25) is 0 Å². The number of allylic oxidation sites excluding steroid dienone is 2. The van der Waals surface area contributed by atoms with Crippen LogP contribution >= 0.6 is 0 Å². The minimum Gasteiger partial charge on any atom is -0.0914 e. The molecule has 0 heteroatoms. The average Bonchev–Trinajstić information content (AvgIpc) is 1.83. The van der Waals surface area contributed by atoms with Gasteiger partial charge in [0.25, 0.3) is 0 Å². The van der Waals surface area contributed by atoms with E-state index in [2.05, 4.69) is 53.7 Å². The SMILES string of the molecule is C/C=C\C(CC(C)C)C(C)(C)C. The average molecular weight is 168 g/mol. The van der Waals surface area contributed by atoms with Crippen LogP contribution in [0.15, 0.2) is 12.2 Å². The molecule has 0 saturated heterocycles. The molecule has 0 radical (unpaired) electrons. The van der Waals surface area contributed by atoms with Gasteiger partial charge in [0.1, 0.15) is 0 Å². The van der Waals surface area contributed by atoms with E-state index in [1.807, 2.05) is 0 Å². The molecule has 0 aliphatic carbocycles. The van der Waals surface area contributed by atoms with Crippen molar-refractivity contribution in [1.29, 1.82) is 0 Å². The molecule has 0 spiro atoms. The third-order valence-corrected chi connectivity index (χ3v) is 2.26. The largest absolute Gasteiger partial charge is 0.0914 e. The van der Waals surface area contributed by atoms with Crippen LogP contribution in [0.4, 0.5) is 0 Å². The Morgan fingerprint density at radius 1 is 1.17 bits per heavy atom. The third-order valence-electron chi connectivity index (χ3n) is 2.26. The lowest BCUT2D eigenvalue weighted by Crippen LogP contribution is -2.20. The van der Waals surface area contributed by atoms with Crippen molar-refractivity contribution < 1.29 is 0 Å². The van der Waals surface area contributed by atoms with E-state index in [1.165, 1.54) is 6.42 Å². The summed E-state index contributed by atoms with van der Waals surface area (Å²) in [6, 6.07) is 0. The lowest BCUT2D eigenvalue weighted by molar-refractivity contribution is 0.254. The normalized spacial score (nSPS) is 15.9. The van der Waals surface area contributed by atoms with E-state index in [4.69, 9.17) is 0 Å². The van der Waals surface area contributed by atoms with E-state index in [-0.39, 0.29) is 0 Å². The van der Waals surface area contributed by atoms with Crippen molar-refractivity contribution in [3.05, 3.63) is 12.2 Å². The van der Waals surface area contributed by atoms with Crippen molar-refractivity contribution in [3.63, 3.8) is 0 Å². The first-order valence-corrected chi connectivity index (χ1v) is 5.00. The maximum atomic E-state index is 2.35. The Morgan fingerprint density at radius 3 is 1.92 bits per heavy atom. The molecule has 72 valence electrons. The molecule has 0 saturated carbocycles. The van der Waals surface area contributed by atoms with Gasteiger partial charge in [-0.3, -0.25) is 0 Å². The van der Waals surface area contributed by atoms with E-state index < -0.39 is 0 Å². The van der Waals surface area contributed by atoms with E-state index in [0.717, 1.165) is 11.8 Å². The summed E-state index contributed by atoms with van der Waals surface area (Å²) in [6.45, 7) is 13.7. The Kier molecular flexibility index (Phi) is 4.59. The minimum absolute atomic E-state index is 0.413. The molecule has 0 nitrogen and oxygen atoms in total. The molecule has 0 N–H and O–H groups in total. The van der Waals surface area contributed by atoms with Crippen molar-refractivity contribution in [1.82, 2.24) is 0 Å². The lowest BCUT2D eigenvalue weighted by Gasteiger charge is -2.29. The van der Waals surface area contributed by atoms with Gasteiger partial charge in [-0.25, -0.2) is 0 Å². The van der Waals surface area contributed by atoms with Crippen LogP contribution in [-0.4, -0.2) is 0 Å². The second-order valence-corrected chi connectivity index (χ2v) is 5.13. The van der Waals surface area contributed by atoms with Gasteiger partial charge in [-0.1, -0.05) is 46.8 Å². The molecule has 0 amide bonds. The summed E-state index contributed by atoms with van der Waals surface area (Å²) in [4.78, 5) is 0. The fourth-order valence-corrected chi connectivity index (χ4v) is 1.46. The van der Waals surface area contributed by atoms with Crippen LogP contribution in [-0.2, 0) is 0 Å². The van der Waals surface area contributed by atoms with Crippen LogP contribution in [0.5, 0.6) is 0 Å². The van der Waals surface area contributed by atoms with Crippen LogP contribution in [0.3, 0.4) is 0 Å². The fourth-order valence-electron chi connectivity index (χ4n) is 1.46. The molecule has 0 rings (SSSR count). The molecule has 0 aromatic heterocycles. The number of rotatable bonds is 3. The highest BCUT2D eigenvalue weighted by molar-refractivity contribution is 4.92. The Morgan fingerprint density at radius 2 is 1.67 bits per heavy atom. The van der Waals surface area contributed by atoms with Crippen LogP contribution in [0, 0.1) is 17.3 Å². The smallest absolute Gasteiger partial charge is 0.0182 e. The first-order chi connectivity index (χ1) is 5.38. The fraction of sp³-hybridized carbons (Fsp3) is 0.833. The lowest BCUT2D eigenvalue weighted by atomic mass is 9.76. The minimum atomic E-state index is 0.413. The summed E-state index contributed by atoms with van der Waals surface area (Å²) in [7, 11) is 0. The van der Waals surface area contributed by atoms with Crippen molar-refractivity contribution in [2.45, 2.75) is 48.0 Å². The number of hydrogen-bond acceptors (Lipinski definition) is 0. The molecule has 0 aliphatic heterocycles. The zero-order valence-corrected chi connectivity index (χ0v) is 9.52. The van der Waals surface area contributed by atoms with E-state index in [1.54, 1.807) is 0 Å². The second kappa shape index (κ2) is 4.69. The molecule has 0 bridgehead atoms. The third kappa shape index (κ3) is 4.58. The summed E-state index contributed by atoms with van der Waals surface area (Å²) in [6.07, 6.45) is 5.83. The highest BCUT2D eigenvalue weighted by Crippen LogP contribution is 2.32. The standard InChI is InChI=1S/C12H24/c1-7-8-11(9-10(2)3)12(4,5)6/h7-8,10-11H,9H2,1-6H3/b8-7-. The highest BCUT2D eigenvalue weighted by atomic mass is 14.3. The maximum absolute atomic E-state index is 2.35. The maximum Gasteiger partial charge on any atom is -0.0182 e. The molecule has 0 fully saturated rings. The monoisotopic (exact) mass is 168 g/mol. The molecule has 12 heavy (non-hydrogen) atoms. The summed E-state index contributed by atoms with van der Waals surface area (Å²) in [5, 5.41) is 0. The van der Waals surface area contributed by atoms with E-state index in [9.17, 15) is 0 Å². The van der Waals surface area contributed by atoms with Gasteiger partial charge >= 0.3 is 0 Å². The van der Waals surface area contributed by atoms with Gasteiger partial charge in [0.05, 0.1) is 0 Å². The summed E-state index contributed by atoms with van der Waals surface area (Å²) in [5.74, 6) is 1.52. The van der Waals surface area contributed by atoms with E-state index in [0.29, 0.717) is 5.41 Å². The van der Waals surface area contributed by atoms with Gasteiger partial charge in [-0.05, 0) is 30.6 Å². The van der Waals surface area contributed by atoms with Crippen molar-refractivity contribution in [2.24, 2.45) is 17.3 Å². The quantitative estimate of drug-likeness (QED) is 0.552. The first-order valence-electron chi connectivity index (χ1n) is 5.00. The van der Waals surface area contributed by atoms with Crippen LogP contribution in [0.1, 0.15) is 48.0 Å². The van der Waals surface area contributed by atoms with Gasteiger partial charge in [0.15, 0.2) is 0 Å². The zero-order chi connectivity index (χ0) is 9.78. The second-order valence-electron chi connectivity index (χ2n) is 5.13. The Bertz CT molecular complexity index is 135.